The van der Waals surface area contributed by atoms with Gasteiger partial charge in [-0.05, 0) is 62.7 Å². The Bertz CT molecular complexity index is 1020. The van der Waals surface area contributed by atoms with Crippen LogP contribution in [0, 0.1) is 13.8 Å². The van der Waals surface area contributed by atoms with E-state index in [1.807, 2.05) is 26.0 Å². The number of hydrogen-bond donors (Lipinski definition) is 1. The molecule has 3 aromatic rings. The Hall–Kier alpha value is -3.35. The van der Waals surface area contributed by atoms with E-state index in [4.69, 9.17) is 9.26 Å². The second-order valence-corrected chi connectivity index (χ2v) is 6.34. The lowest BCUT2D eigenvalue weighted by atomic mass is 10.1. The van der Waals surface area contributed by atoms with Crippen LogP contribution in [0.25, 0.3) is 11.0 Å². The molecule has 0 spiro atoms. The van der Waals surface area contributed by atoms with Gasteiger partial charge in [-0.1, -0.05) is 5.16 Å². The third-order valence-corrected chi connectivity index (χ3v) is 4.31. The maximum Gasteiger partial charge on any atom is 0.329 e. The Kier molecular flexibility index (Phi) is 3.64. The highest BCUT2D eigenvalue weighted by atomic mass is 16.5. The monoisotopic (exact) mass is 351 g/mol. The molecule has 3 amide bonds. The summed E-state index contributed by atoms with van der Waals surface area (Å²) in [4.78, 5) is 25.1. The number of hydrogen-bond acceptors (Lipinski definition) is 5. The van der Waals surface area contributed by atoms with Crippen molar-refractivity contribution in [3.63, 3.8) is 0 Å². The largest absolute Gasteiger partial charge is 0.457 e. The van der Waals surface area contributed by atoms with Crippen LogP contribution < -0.4 is 15.0 Å². The number of aryl methyl sites for hydroxylation is 2. The third-order valence-electron chi connectivity index (χ3n) is 4.31. The van der Waals surface area contributed by atoms with Crippen LogP contribution in [-0.2, 0) is 4.79 Å². The van der Waals surface area contributed by atoms with Crippen molar-refractivity contribution in [3.05, 3.63) is 47.7 Å². The molecule has 2 aromatic carbocycles. The van der Waals surface area contributed by atoms with Crippen LogP contribution in [0.5, 0.6) is 11.5 Å². The zero-order chi connectivity index (χ0) is 18.4. The molecule has 1 atom stereocenters. The van der Waals surface area contributed by atoms with Gasteiger partial charge in [0, 0.05) is 0 Å². The number of fused-ring (bicyclic) bond motifs is 1. The van der Waals surface area contributed by atoms with Crippen molar-refractivity contribution in [2.75, 3.05) is 4.90 Å². The van der Waals surface area contributed by atoms with E-state index >= 15 is 0 Å². The number of rotatable bonds is 3. The van der Waals surface area contributed by atoms with E-state index in [0.717, 1.165) is 21.5 Å². The molecule has 1 aliphatic heterocycles. The van der Waals surface area contributed by atoms with Crippen molar-refractivity contribution in [1.29, 1.82) is 0 Å². The molecule has 4 rings (SSSR count). The minimum Gasteiger partial charge on any atom is -0.457 e. The zero-order valence-electron chi connectivity index (χ0n) is 14.6. The maximum atomic E-state index is 12.1. The van der Waals surface area contributed by atoms with E-state index in [2.05, 4.69) is 10.5 Å². The summed E-state index contributed by atoms with van der Waals surface area (Å²) in [5, 5.41) is 7.40. The molecule has 26 heavy (non-hydrogen) atoms. The summed E-state index contributed by atoms with van der Waals surface area (Å²) in [6.45, 7) is 5.46. The Morgan fingerprint density at radius 2 is 1.88 bits per heavy atom. The molecule has 2 heterocycles. The van der Waals surface area contributed by atoms with E-state index in [1.165, 1.54) is 0 Å². The first-order valence-electron chi connectivity index (χ1n) is 8.23. The lowest BCUT2D eigenvalue weighted by Gasteiger charge is -2.14. The highest BCUT2D eigenvalue weighted by Crippen LogP contribution is 2.34. The molecule has 0 aliphatic carbocycles. The van der Waals surface area contributed by atoms with E-state index < -0.39 is 12.1 Å². The zero-order valence-corrected chi connectivity index (χ0v) is 14.6. The number of carbonyl (C=O) groups is 2. The topological polar surface area (TPSA) is 84.7 Å². The molecule has 0 unspecified atom stereocenters. The van der Waals surface area contributed by atoms with Gasteiger partial charge in [0.15, 0.2) is 5.58 Å². The first-order chi connectivity index (χ1) is 12.4. The summed E-state index contributed by atoms with van der Waals surface area (Å²) in [5.74, 6) is 0.959. The summed E-state index contributed by atoms with van der Waals surface area (Å²) in [6, 6.07) is 9.68. The van der Waals surface area contributed by atoms with Crippen LogP contribution in [0.4, 0.5) is 10.5 Å². The summed E-state index contributed by atoms with van der Waals surface area (Å²) in [5.41, 5.74) is 2.91. The third kappa shape index (κ3) is 2.57. The van der Waals surface area contributed by atoms with Gasteiger partial charge in [-0.25, -0.2) is 9.69 Å². The molecule has 0 saturated carbocycles. The second kappa shape index (κ2) is 5.87. The lowest BCUT2D eigenvalue weighted by molar-refractivity contribution is -0.117. The summed E-state index contributed by atoms with van der Waals surface area (Å²) < 4.78 is 11.3. The van der Waals surface area contributed by atoms with Gasteiger partial charge in [0.05, 0.1) is 16.8 Å². The molecular weight excluding hydrogens is 334 g/mol. The first kappa shape index (κ1) is 16.1. The van der Waals surface area contributed by atoms with Gasteiger partial charge in [0.1, 0.15) is 17.5 Å². The maximum absolute atomic E-state index is 12.1. The van der Waals surface area contributed by atoms with Gasteiger partial charge in [0.25, 0.3) is 5.91 Å². The smallest absolute Gasteiger partial charge is 0.329 e. The number of amides is 3. The van der Waals surface area contributed by atoms with Crippen LogP contribution in [0.1, 0.15) is 18.2 Å². The van der Waals surface area contributed by atoms with E-state index in [9.17, 15) is 9.59 Å². The van der Waals surface area contributed by atoms with Crippen molar-refractivity contribution in [2.24, 2.45) is 0 Å². The molecule has 1 saturated heterocycles. The highest BCUT2D eigenvalue weighted by molar-refractivity contribution is 6.21. The molecule has 1 aromatic heterocycles. The standard InChI is InChI=1S/C19H17N3O4/c1-10-8-15(17-11(2)21-26-16(17)9-10)25-14-6-4-13(5-7-14)22-18(23)12(3)20-19(22)24/h4-9,12H,1-3H3,(H,20,24)/t12-/m1/s1. The molecule has 0 bridgehead atoms. The minimum absolute atomic E-state index is 0.274. The van der Waals surface area contributed by atoms with Gasteiger partial charge in [0.2, 0.25) is 0 Å². The van der Waals surface area contributed by atoms with Crippen LogP contribution in [-0.4, -0.2) is 23.1 Å². The average molecular weight is 351 g/mol. The van der Waals surface area contributed by atoms with Gasteiger partial charge in [-0.2, -0.15) is 0 Å². The Labute approximate surface area is 149 Å². The normalized spacial score (nSPS) is 17.0. The number of imide groups is 1. The molecule has 1 aliphatic rings. The molecular formula is C19H17N3O4. The van der Waals surface area contributed by atoms with Crippen LogP contribution in [0.15, 0.2) is 40.9 Å². The Morgan fingerprint density at radius 3 is 2.54 bits per heavy atom. The highest BCUT2D eigenvalue weighted by Gasteiger charge is 2.36. The van der Waals surface area contributed by atoms with Gasteiger partial charge < -0.3 is 14.6 Å². The van der Waals surface area contributed by atoms with Crippen LogP contribution >= 0.6 is 0 Å². The van der Waals surface area contributed by atoms with Gasteiger partial charge in [-0.3, -0.25) is 4.79 Å². The fraction of sp³-hybridized carbons (Fsp3) is 0.211. The predicted octanol–water partition coefficient (Wildman–Crippen LogP) is 3.68. The molecule has 7 heteroatoms. The first-order valence-corrected chi connectivity index (χ1v) is 8.23. The van der Waals surface area contributed by atoms with Crippen molar-refractivity contribution < 1.29 is 18.8 Å². The number of anilines is 1. The predicted molar refractivity (Wildman–Crippen MR) is 95.5 cm³/mol. The SMILES string of the molecule is Cc1cc(Oc2ccc(N3C(=O)N[C@H](C)C3=O)cc2)c2c(C)noc2c1. The molecule has 1 N–H and O–H groups in total. The van der Waals surface area contributed by atoms with E-state index in [0.29, 0.717) is 22.8 Å². The fourth-order valence-electron chi connectivity index (χ4n) is 3.03. The van der Waals surface area contributed by atoms with Crippen LogP contribution in [0.2, 0.25) is 0 Å². The Balaban J connectivity index is 1.64. The fourth-order valence-corrected chi connectivity index (χ4v) is 3.03. The summed E-state index contributed by atoms with van der Waals surface area (Å²) in [6.07, 6.45) is 0. The number of carbonyl (C=O) groups excluding carboxylic acids is 2. The van der Waals surface area contributed by atoms with Gasteiger partial charge in [-0.15, -0.1) is 0 Å². The van der Waals surface area contributed by atoms with E-state index in [1.54, 1.807) is 31.2 Å². The van der Waals surface area contributed by atoms with E-state index in [-0.39, 0.29) is 5.91 Å². The van der Waals surface area contributed by atoms with Crippen LogP contribution in [0.3, 0.4) is 0 Å². The quantitative estimate of drug-likeness (QED) is 0.728. The molecule has 1 fully saturated rings. The van der Waals surface area contributed by atoms with Crippen molar-refractivity contribution in [2.45, 2.75) is 26.8 Å². The minimum atomic E-state index is -0.518. The number of ether oxygens (including phenoxy) is 1. The Morgan fingerprint density at radius 1 is 1.15 bits per heavy atom. The summed E-state index contributed by atoms with van der Waals surface area (Å²) >= 11 is 0. The van der Waals surface area contributed by atoms with Crippen molar-refractivity contribution >= 4 is 28.6 Å². The number of aromatic nitrogens is 1. The van der Waals surface area contributed by atoms with Gasteiger partial charge >= 0.3 is 6.03 Å². The summed E-state index contributed by atoms with van der Waals surface area (Å²) in [7, 11) is 0. The molecule has 132 valence electrons. The molecule has 7 nitrogen and oxygen atoms in total. The second-order valence-electron chi connectivity index (χ2n) is 6.34. The number of nitrogens with zero attached hydrogens (tertiary/aromatic N) is 2. The average Bonchev–Trinajstić information content (AvgIpc) is 3.08. The van der Waals surface area contributed by atoms with Crippen molar-refractivity contribution in [3.8, 4) is 11.5 Å². The number of benzene rings is 2. The number of urea groups is 1. The number of nitrogens with one attached hydrogen (secondary N) is 1. The van der Waals surface area contributed by atoms with Crippen molar-refractivity contribution in [1.82, 2.24) is 10.5 Å². The lowest BCUT2D eigenvalue weighted by Crippen LogP contribution is -2.30. The molecule has 0 radical (unpaired) electrons.